The number of ether oxygens (including phenoxy) is 3. The maximum atomic E-state index is 12.1. The van der Waals surface area contributed by atoms with E-state index in [1.807, 2.05) is 38.1 Å². The van der Waals surface area contributed by atoms with Gasteiger partial charge in [0.25, 0.3) is 0 Å². The van der Waals surface area contributed by atoms with Gasteiger partial charge in [-0.15, -0.1) is 0 Å². The molecule has 0 aliphatic rings. The van der Waals surface area contributed by atoms with Crippen LogP contribution in [0.15, 0.2) is 24.3 Å². The first kappa shape index (κ1) is 38.6. The number of carbonyl (C=O) groups is 3. The van der Waals surface area contributed by atoms with Crippen LogP contribution in [-0.2, 0) is 30.4 Å². The molecule has 0 heterocycles. The molecule has 3 N–H and O–H groups in total. The van der Waals surface area contributed by atoms with Crippen LogP contribution < -0.4 is 16.0 Å². The number of rotatable bonds is 22. The molecular formula is C33H59N3O6Si. The van der Waals surface area contributed by atoms with E-state index < -0.39 is 11.7 Å². The van der Waals surface area contributed by atoms with Gasteiger partial charge in [0.05, 0.1) is 17.8 Å². The summed E-state index contributed by atoms with van der Waals surface area (Å²) in [6, 6.07) is 7.30. The topological polar surface area (TPSA) is 115 Å². The molecule has 0 aliphatic carbocycles. The van der Waals surface area contributed by atoms with Crippen molar-refractivity contribution in [2.24, 2.45) is 0 Å². The molecule has 3 amide bonds. The van der Waals surface area contributed by atoms with Crippen LogP contribution in [0.25, 0.3) is 0 Å². The molecule has 0 atom stereocenters. The number of alkyl carbamates (subject to hydrolysis) is 1. The monoisotopic (exact) mass is 621 g/mol. The third kappa shape index (κ3) is 21.0. The first-order valence-corrected chi connectivity index (χ1v) is 16.9. The number of benzene rings is 1. The Morgan fingerprint density at radius 3 is 2.09 bits per heavy atom. The zero-order valence-corrected chi connectivity index (χ0v) is 30.2. The highest BCUT2D eigenvalue weighted by Gasteiger charge is 2.25. The standard InChI is InChI=1S/C33H59N3O6Si/c1-8-9-10-13-29(38)36-27-16-14-26(15-17-27)24-40-30(39)35-22-12-23-41-32(4,5)25-42-31(2,3)19-11-21-34-28(37)18-20-33(6,7)43/h14-17H,8-13,18-25H2,1-7,43H3,(H,34,37)(H,35,39)(H,36,38). The molecule has 1 aromatic rings. The van der Waals surface area contributed by atoms with Crippen LogP contribution >= 0.6 is 0 Å². The second kappa shape index (κ2) is 19.8. The van der Waals surface area contributed by atoms with Crippen molar-refractivity contribution in [1.29, 1.82) is 0 Å². The Morgan fingerprint density at radius 1 is 0.767 bits per heavy atom. The molecule has 0 unspecified atom stereocenters. The summed E-state index contributed by atoms with van der Waals surface area (Å²) in [5, 5.41) is 8.96. The van der Waals surface area contributed by atoms with Crippen LogP contribution in [0.1, 0.15) is 112 Å². The number of nitrogens with one attached hydrogen (secondary N) is 3. The maximum absolute atomic E-state index is 12.1. The van der Waals surface area contributed by atoms with E-state index in [4.69, 9.17) is 14.2 Å². The number of carbonyl (C=O) groups excluding carboxylic acids is 3. The number of amides is 3. The van der Waals surface area contributed by atoms with Crippen LogP contribution in [0, 0.1) is 0 Å². The third-order valence-electron chi connectivity index (χ3n) is 6.89. The Bertz CT molecular complexity index is 960. The summed E-state index contributed by atoms with van der Waals surface area (Å²) < 4.78 is 17.5. The summed E-state index contributed by atoms with van der Waals surface area (Å²) in [5.41, 5.74) is 0.786. The van der Waals surface area contributed by atoms with Crippen molar-refractivity contribution in [3.8, 4) is 0 Å². The molecule has 1 aromatic carbocycles. The number of hydrogen-bond acceptors (Lipinski definition) is 6. The van der Waals surface area contributed by atoms with Crippen molar-refractivity contribution in [3.63, 3.8) is 0 Å². The highest BCUT2D eigenvalue weighted by atomic mass is 28.1. The minimum absolute atomic E-state index is 0.0158. The van der Waals surface area contributed by atoms with Gasteiger partial charge in [-0.2, -0.15) is 0 Å². The molecule has 0 aromatic heterocycles. The molecule has 1 rings (SSSR count). The minimum atomic E-state index is -0.482. The first-order chi connectivity index (χ1) is 20.1. The number of anilines is 1. The van der Waals surface area contributed by atoms with Crippen LogP contribution in [-0.4, -0.2) is 65.7 Å². The lowest BCUT2D eigenvalue weighted by Crippen LogP contribution is -2.37. The molecule has 0 saturated heterocycles. The van der Waals surface area contributed by atoms with Crippen LogP contribution in [0.5, 0.6) is 0 Å². The van der Waals surface area contributed by atoms with E-state index in [0.29, 0.717) is 50.6 Å². The van der Waals surface area contributed by atoms with E-state index in [1.54, 1.807) is 0 Å². The molecule has 0 saturated carbocycles. The third-order valence-corrected chi connectivity index (χ3v) is 7.39. The fourth-order valence-corrected chi connectivity index (χ4v) is 4.31. The molecule has 0 spiro atoms. The van der Waals surface area contributed by atoms with Gasteiger partial charge in [0.1, 0.15) is 6.61 Å². The van der Waals surface area contributed by atoms with Gasteiger partial charge in [0, 0.05) is 48.5 Å². The SMILES string of the molecule is CCCCCC(=O)Nc1ccc(COC(=O)NCCCOC(C)(C)COC(C)(C)CCCNC(=O)CCC(C)(C)[SiH3])cc1. The second-order valence-corrected chi connectivity index (χ2v) is 16.4. The molecule has 246 valence electrons. The normalized spacial score (nSPS) is 12.2. The molecule has 0 radical (unpaired) electrons. The van der Waals surface area contributed by atoms with Crippen molar-refractivity contribution in [3.05, 3.63) is 29.8 Å². The van der Waals surface area contributed by atoms with E-state index in [-0.39, 0.29) is 24.0 Å². The van der Waals surface area contributed by atoms with Crippen molar-refractivity contribution < 1.29 is 28.6 Å². The highest BCUT2D eigenvalue weighted by Crippen LogP contribution is 2.25. The number of hydrogen-bond donors (Lipinski definition) is 3. The molecule has 0 bridgehead atoms. The summed E-state index contributed by atoms with van der Waals surface area (Å²) in [6.07, 6.45) is 6.93. The molecule has 0 aliphatic heterocycles. The first-order valence-electron chi connectivity index (χ1n) is 15.9. The van der Waals surface area contributed by atoms with Gasteiger partial charge in [-0.3, -0.25) is 9.59 Å². The Kier molecular flexibility index (Phi) is 17.7. The van der Waals surface area contributed by atoms with E-state index in [2.05, 4.69) is 50.6 Å². The van der Waals surface area contributed by atoms with Gasteiger partial charge in [-0.05, 0) is 82.5 Å². The van der Waals surface area contributed by atoms with Crippen molar-refractivity contribution in [1.82, 2.24) is 10.6 Å². The molecule has 43 heavy (non-hydrogen) atoms. The van der Waals surface area contributed by atoms with Gasteiger partial charge < -0.3 is 30.2 Å². The van der Waals surface area contributed by atoms with E-state index in [9.17, 15) is 14.4 Å². The average Bonchev–Trinajstić information content (AvgIpc) is 2.92. The molecule has 9 nitrogen and oxygen atoms in total. The van der Waals surface area contributed by atoms with E-state index >= 15 is 0 Å². The van der Waals surface area contributed by atoms with Crippen LogP contribution in [0.4, 0.5) is 10.5 Å². The Morgan fingerprint density at radius 2 is 1.44 bits per heavy atom. The average molecular weight is 622 g/mol. The fraction of sp³-hybridized carbons (Fsp3) is 0.727. The van der Waals surface area contributed by atoms with Gasteiger partial charge in [0.2, 0.25) is 11.8 Å². The zero-order valence-electron chi connectivity index (χ0n) is 28.2. The van der Waals surface area contributed by atoms with Gasteiger partial charge in [0.15, 0.2) is 0 Å². The number of unbranched alkanes of at least 4 members (excludes halogenated alkanes) is 2. The fourth-order valence-electron chi connectivity index (χ4n) is 4.06. The van der Waals surface area contributed by atoms with Crippen molar-refractivity contribution in [2.45, 2.75) is 129 Å². The summed E-state index contributed by atoms with van der Waals surface area (Å²) in [7, 11) is 1.09. The molecule has 0 fully saturated rings. The second-order valence-electron chi connectivity index (χ2n) is 13.7. The maximum Gasteiger partial charge on any atom is 0.407 e. The van der Waals surface area contributed by atoms with Gasteiger partial charge in [-0.25, -0.2) is 4.79 Å². The van der Waals surface area contributed by atoms with E-state index in [0.717, 1.165) is 60.0 Å². The highest BCUT2D eigenvalue weighted by molar-refractivity contribution is 6.14. The largest absolute Gasteiger partial charge is 0.445 e. The smallest absolute Gasteiger partial charge is 0.407 e. The van der Waals surface area contributed by atoms with Crippen LogP contribution in [0.3, 0.4) is 0 Å². The summed E-state index contributed by atoms with van der Waals surface area (Å²) in [6.45, 7) is 16.8. The summed E-state index contributed by atoms with van der Waals surface area (Å²) >= 11 is 0. The lowest BCUT2D eigenvalue weighted by molar-refractivity contribution is -0.124. The zero-order chi connectivity index (χ0) is 32.4. The molecular weight excluding hydrogens is 562 g/mol. The van der Waals surface area contributed by atoms with E-state index in [1.165, 1.54) is 0 Å². The molecule has 10 heteroatoms. The lowest BCUT2D eigenvalue weighted by atomic mass is 10.0. The van der Waals surface area contributed by atoms with Gasteiger partial charge in [-0.1, -0.05) is 45.7 Å². The quantitative estimate of drug-likeness (QED) is 0.114. The van der Waals surface area contributed by atoms with Gasteiger partial charge >= 0.3 is 6.09 Å². The predicted octanol–water partition coefficient (Wildman–Crippen LogP) is 5.65. The Labute approximate surface area is 263 Å². The van der Waals surface area contributed by atoms with Crippen molar-refractivity contribution >= 4 is 33.8 Å². The minimum Gasteiger partial charge on any atom is -0.445 e. The summed E-state index contributed by atoms with van der Waals surface area (Å²) in [5.74, 6) is 0.146. The Balaban J connectivity index is 2.18. The summed E-state index contributed by atoms with van der Waals surface area (Å²) in [4.78, 5) is 36.0. The lowest BCUT2D eigenvalue weighted by Gasteiger charge is -2.32. The van der Waals surface area contributed by atoms with Crippen LogP contribution in [0.2, 0.25) is 5.04 Å². The van der Waals surface area contributed by atoms with Crippen molar-refractivity contribution in [2.75, 3.05) is 31.6 Å². The Hall–Kier alpha value is -2.43. The predicted molar refractivity (Wildman–Crippen MR) is 178 cm³/mol.